The summed E-state index contributed by atoms with van der Waals surface area (Å²) in [6.45, 7) is 2.74. The minimum Gasteiger partial charge on any atom is -0.441 e. The van der Waals surface area contributed by atoms with E-state index in [1.165, 1.54) is 11.3 Å². The Morgan fingerprint density at radius 1 is 1.37 bits per heavy atom. The number of carbonyl (C=O) groups excluding carboxylic acids is 2. The number of para-hydroxylation sites is 2. The largest absolute Gasteiger partial charge is 0.441 e. The molecule has 2 aromatic heterocycles. The summed E-state index contributed by atoms with van der Waals surface area (Å²) in [5.41, 5.74) is 1.54. The zero-order chi connectivity index (χ0) is 18.8. The van der Waals surface area contributed by atoms with Crippen molar-refractivity contribution < 1.29 is 14.0 Å². The van der Waals surface area contributed by atoms with E-state index >= 15 is 0 Å². The number of nitrogens with one attached hydrogen (secondary N) is 1. The molecule has 0 bridgehead atoms. The van der Waals surface area contributed by atoms with Crippen molar-refractivity contribution in [3.05, 3.63) is 35.2 Å². The van der Waals surface area contributed by atoms with Crippen molar-refractivity contribution in [3.63, 3.8) is 0 Å². The summed E-state index contributed by atoms with van der Waals surface area (Å²) >= 11 is 1.40. The molecule has 9 heteroatoms. The first-order valence-corrected chi connectivity index (χ1v) is 9.70. The summed E-state index contributed by atoms with van der Waals surface area (Å²) in [6.07, 6.45) is 1.47. The predicted octanol–water partition coefficient (Wildman–Crippen LogP) is 1.95. The van der Waals surface area contributed by atoms with Crippen LogP contribution in [0.5, 0.6) is 0 Å². The van der Waals surface area contributed by atoms with Crippen LogP contribution < -0.4 is 10.2 Å². The molecule has 1 aromatic carbocycles. The van der Waals surface area contributed by atoms with Gasteiger partial charge in [0.15, 0.2) is 11.5 Å². The van der Waals surface area contributed by atoms with Crippen LogP contribution in [0.15, 0.2) is 28.7 Å². The molecule has 4 rings (SSSR count). The molecule has 2 amide bonds. The maximum Gasteiger partial charge on any atom is 0.229 e. The molecule has 140 valence electrons. The molecule has 0 radical (unpaired) electrons. The van der Waals surface area contributed by atoms with Gasteiger partial charge in [-0.25, -0.2) is 4.98 Å². The molecule has 0 saturated carbocycles. The Morgan fingerprint density at radius 2 is 2.22 bits per heavy atom. The minimum atomic E-state index is -0.380. The van der Waals surface area contributed by atoms with Crippen molar-refractivity contribution in [2.24, 2.45) is 5.92 Å². The maximum atomic E-state index is 12.4. The molecular weight excluding hydrogens is 366 g/mol. The number of nitrogens with zero attached hydrogens (tertiary/aromatic N) is 4. The Balaban J connectivity index is 1.31. The summed E-state index contributed by atoms with van der Waals surface area (Å²) in [7, 11) is 0. The van der Waals surface area contributed by atoms with Crippen LogP contribution in [-0.2, 0) is 22.4 Å². The topological polar surface area (TPSA) is 101 Å². The monoisotopic (exact) mass is 385 g/mol. The van der Waals surface area contributed by atoms with E-state index in [0.717, 1.165) is 22.5 Å². The summed E-state index contributed by atoms with van der Waals surface area (Å²) in [6, 6.07) is 7.54. The van der Waals surface area contributed by atoms with Crippen molar-refractivity contribution in [1.29, 1.82) is 0 Å². The lowest BCUT2D eigenvalue weighted by molar-refractivity contribution is -0.126. The molecule has 1 unspecified atom stereocenters. The average molecular weight is 385 g/mol. The highest BCUT2D eigenvalue weighted by atomic mass is 32.1. The van der Waals surface area contributed by atoms with Crippen LogP contribution in [0.3, 0.4) is 0 Å². The predicted molar refractivity (Wildman–Crippen MR) is 100 cm³/mol. The number of rotatable bonds is 6. The zero-order valence-corrected chi connectivity index (χ0v) is 15.7. The van der Waals surface area contributed by atoms with Crippen molar-refractivity contribution in [1.82, 2.24) is 20.5 Å². The Kier molecular flexibility index (Phi) is 4.85. The van der Waals surface area contributed by atoms with Gasteiger partial charge in [-0.15, -0.1) is 10.2 Å². The number of fused-ring (bicyclic) bond motifs is 1. The third-order valence-corrected chi connectivity index (χ3v) is 5.55. The molecular formula is C18H19N5O3S. The summed E-state index contributed by atoms with van der Waals surface area (Å²) in [5.74, 6) is -0.0215. The van der Waals surface area contributed by atoms with Gasteiger partial charge in [-0.05, 0) is 18.6 Å². The number of anilines is 1. The van der Waals surface area contributed by atoms with Crippen molar-refractivity contribution in [2.75, 3.05) is 18.0 Å². The molecule has 0 aliphatic carbocycles. The lowest BCUT2D eigenvalue weighted by Gasteiger charge is -2.12. The highest BCUT2D eigenvalue weighted by Gasteiger charge is 2.36. The zero-order valence-electron chi connectivity index (χ0n) is 14.8. The van der Waals surface area contributed by atoms with E-state index in [1.54, 1.807) is 4.90 Å². The molecule has 3 aromatic rings. The van der Waals surface area contributed by atoms with Crippen LogP contribution in [-0.4, -0.2) is 40.1 Å². The van der Waals surface area contributed by atoms with E-state index in [2.05, 4.69) is 20.5 Å². The second-order valence-corrected chi connectivity index (χ2v) is 7.39. The molecule has 1 aliphatic rings. The van der Waals surface area contributed by atoms with E-state index in [1.807, 2.05) is 31.2 Å². The van der Waals surface area contributed by atoms with Gasteiger partial charge in [-0.3, -0.25) is 14.5 Å². The fraction of sp³-hybridized carbons (Fsp3) is 0.389. The first kappa shape index (κ1) is 17.6. The van der Waals surface area contributed by atoms with Gasteiger partial charge in [-0.2, -0.15) is 0 Å². The second-order valence-electron chi connectivity index (χ2n) is 6.35. The lowest BCUT2D eigenvalue weighted by atomic mass is 10.1. The minimum absolute atomic E-state index is 0.0899. The molecule has 1 saturated heterocycles. The van der Waals surface area contributed by atoms with Gasteiger partial charge in [0.1, 0.15) is 10.5 Å². The van der Waals surface area contributed by atoms with Crippen LogP contribution in [0.4, 0.5) is 5.13 Å². The fourth-order valence-electron chi connectivity index (χ4n) is 3.03. The number of hydrogen-bond acceptors (Lipinski definition) is 7. The van der Waals surface area contributed by atoms with Crippen LogP contribution in [0.25, 0.3) is 11.1 Å². The van der Waals surface area contributed by atoms with Crippen molar-refractivity contribution in [3.8, 4) is 0 Å². The van der Waals surface area contributed by atoms with Crippen molar-refractivity contribution >= 4 is 39.4 Å². The number of aromatic nitrogens is 3. The number of aryl methyl sites for hydroxylation is 1. The maximum absolute atomic E-state index is 12.4. The molecule has 1 fully saturated rings. The number of oxazole rings is 1. The molecule has 1 atom stereocenters. The molecule has 3 heterocycles. The number of benzene rings is 1. The lowest BCUT2D eigenvalue weighted by Crippen LogP contribution is -2.34. The van der Waals surface area contributed by atoms with E-state index in [0.29, 0.717) is 30.5 Å². The van der Waals surface area contributed by atoms with Gasteiger partial charge in [0.2, 0.25) is 16.9 Å². The van der Waals surface area contributed by atoms with Crippen LogP contribution in [0, 0.1) is 5.92 Å². The van der Waals surface area contributed by atoms with Crippen molar-refractivity contribution in [2.45, 2.75) is 26.2 Å². The van der Waals surface area contributed by atoms with Gasteiger partial charge < -0.3 is 9.73 Å². The molecule has 8 nitrogen and oxygen atoms in total. The molecule has 0 spiro atoms. The Hall–Kier alpha value is -2.81. The van der Waals surface area contributed by atoms with E-state index in [9.17, 15) is 9.59 Å². The Morgan fingerprint density at radius 3 is 3.00 bits per heavy atom. The highest BCUT2D eigenvalue weighted by Crippen LogP contribution is 2.28. The summed E-state index contributed by atoms with van der Waals surface area (Å²) in [4.78, 5) is 30.6. The third kappa shape index (κ3) is 3.68. The number of amides is 2. The Bertz CT molecular complexity index is 949. The standard InChI is InChI=1S/C18H19N5O3S/c1-2-15-21-22-18(27-15)23-10-11(9-16(23)24)17(25)19-8-7-14-20-12-5-3-4-6-13(12)26-14/h3-6,11H,2,7-10H2,1H3,(H,19,25). The van der Waals surface area contributed by atoms with Gasteiger partial charge >= 0.3 is 0 Å². The quantitative estimate of drug-likeness (QED) is 0.696. The van der Waals surface area contributed by atoms with E-state index in [4.69, 9.17) is 4.42 Å². The number of carbonyl (C=O) groups is 2. The average Bonchev–Trinajstić information content (AvgIpc) is 3.38. The fourth-order valence-corrected chi connectivity index (χ4v) is 3.83. The van der Waals surface area contributed by atoms with E-state index in [-0.39, 0.29) is 24.2 Å². The second kappa shape index (κ2) is 7.43. The molecule has 1 aliphatic heterocycles. The van der Waals surface area contributed by atoms with Gasteiger partial charge in [0.05, 0.1) is 5.92 Å². The van der Waals surface area contributed by atoms with E-state index < -0.39 is 0 Å². The highest BCUT2D eigenvalue weighted by molar-refractivity contribution is 7.15. The number of hydrogen-bond donors (Lipinski definition) is 1. The summed E-state index contributed by atoms with van der Waals surface area (Å²) in [5, 5.41) is 12.4. The van der Waals surface area contributed by atoms with Gasteiger partial charge in [0.25, 0.3) is 0 Å². The third-order valence-electron chi connectivity index (χ3n) is 4.46. The first-order chi connectivity index (χ1) is 13.1. The summed E-state index contributed by atoms with van der Waals surface area (Å²) < 4.78 is 5.64. The SMILES string of the molecule is CCc1nnc(N2CC(C(=O)NCCc3nc4ccccc4o3)CC2=O)s1. The normalized spacial score (nSPS) is 17.0. The molecule has 27 heavy (non-hydrogen) atoms. The van der Waals surface area contributed by atoms with Crippen LogP contribution in [0.2, 0.25) is 0 Å². The van der Waals surface area contributed by atoms with Crippen LogP contribution >= 0.6 is 11.3 Å². The smallest absolute Gasteiger partial charge is 0.229 e. The van der Waals surface area contributed by atoms with Gasteiger partial charge in [-0.1, -0.05) is 30.4 Å². The Labute approximate surface area is 159 Å². The first-order valence-electron chi connectivity index (χ1n) is 8.89. The van der Waals surface area contributed by atoms with Gasteiger partial charge in [0, 0.05) is 25.9 Å². The molecule has 1 N–H and O–H groups in total. The van der Waals surface area contributed by atoms with Crippen LogP contribution in [0.1, 0.15) is 24.2 Å².